The molecule has 1 saturated heterocycles. The van der Waals surface area contributed by atoms with Gasteiger partial charge in [0.25, 0.3) is 5.91 Å². The van der Waals surface area contributed by atoms with Crippen LogP contribution in [0.5, 0.6) is 11.5 Å². The molecule has 3 heterocycles. The zero-order chi connectivity index (χ0) is 43.9. The molecule has 14 nitrogen and oxygen atoms in total. The first-order valence-corrected chi connectivity index (χ1v) is 22.4. The van der Waals surface area contributed by atoms with Crippen LogP contribution in [0.1, 0.15) is 73.8 Å². The molecule has 1 unspecified atom stereocenters. The summed E-state index contributed by atoms with van der Waals surface area (Å²) in [7, 11) is -0.147. The van der Waals surface area contributed by atoms with Crippen LogP contribution in [0.4, 0.5) is 5.82 Å². The van der Waals surface area contributed by atoms with Gasteiger partial charge in [0.1, 0.15) is 48.0 Å². The van der Waals surface area contributed by atoms with E-state index in [0.29, 0.717) is 28.2 Å². The van der Waals surface area contributed by atoms with Gasteiger partial charge >= 0.3 is 7.87 Å². The number of rotatable bonds is 18. The number of nitrogens with one attached hydrogen (secondary N) is 1. The summed E-state index contributed by atoms with van der Waals surface area (Å²) in [5.74, 6) is 1.31. The molecule has 1 aliphatic rings. The number of carbonyl (C=O) groups excluding carboxylic acids is 1. The average Bonchev–Trinajstić information content (AvgIpc) is 3.91. The zero-order valence-electron chi connectivity index (χ0n) is 35.8. The Hall–Kier alpha value is -5.78. The van der Waals surface area contributed by atoms with E-state index in [2.05, 4.69) is 26.3 Å². The molecule has 0 spiro atoms. The van der Waals surface area contributed by atoms with Crippen molar-refractivity contribution in [2.75, 3.05) is 32.3 Å². The van der Waals surface area contributed by atoms with Crippen molar-refractivity contribution in [2.45, 2.75) is 76.7 Å². The molecule has 0 aliphatic carbocycles. The molecule has 2 N–H and O–H groups in total. The lowest BCUT2D eigenvalue weighted by Gasteiger charge is -2.38. The second kappa shape index (κ2) is 19.5. The highest BCUT2D eigenvalue weighted by Crippen LogP contribution is 2.63. The van der Waals surface area contributed by atoms with E-state index >= 15 is 0 Å². The SMILES string of the molecule is COc1ccc(C(OC[C@H]2O[C@@H](n3cnc4c(NC(=O)c5ccccc5)ncnc43)C[C@@H]2O[P+](O)(CCC#N)N(C(C)C)C(C)C)(c2ccccc2)c2ccc(OC)cc2)cc1. The van der Waals surface area contributed by atoms with Crippen molar-refractivity contribution in [1.82, 2.24) is 24.2 Å². The minimum atomic E-state index is -3.41. The zero-order valence-corrected chi connectivity index (χ0v) is 36.7. The minimum absolute atomic E-state index is 0.00965. The van der Waals surface area contributed by atoms with Crippen LogP contribution < -0.4 is 14.8 Å². The van der Waals surface area contributed by atoms with E-state index in [4.69, 9.17) is 23.5 Å². The van der Waals surface area contributed by atoms with Crippen molar-refractivity contribution in [2.24, 2.45) is 0 Å². The number of benzene rings is 4. The lowest BCUT2D eigenvalue weighted by atomic mass is 9.80. The Morgan fingerprint density at radius 1 is 0.887 bits per heavy atom. The number of nitrogens with zero attached hydrogens (tertiary/aromatic N) is 6. The molecule has 15 heteroatoms. The third-order valence-corrected chi connectivity index (χ3v) is 14.1. The van der Waals surface area contributed by atoms with Crippen LogP contribution in [0.15, 0.2) is 122 Å². The number of ether oxygens (including phenoxy) is 4. The van der Waals surface area contributed by atoms with Crippen molar-refractivity contribution in [3.63, 3.8) is 0 Å². The number of amides is 1. The number of aromatic nitrogens is 4. The summed E-state index contributed by atoms with van der Waals surface area (Å²) >= 11 is 0. The van der Waals surface area contributed by atoms with Gasteiger partial charge in [-0.25, -0.2) is 19.8 Å². The molecule has 4 atom stereocenters. The third kappa shape index (κ3) is 9.20. The van der Waals surface area contributed by atoms with Gasteiger partial charge < -0.3 is 24.3 Å². The number of carbonyl (C=O) groups is 1. The van der Waals surface area contributed by atoms with E-state index in [0.717, 1.165) is 16.7 Å². The predicted molar refractivity (Wildman–Crippen MR) is 238 cm³/mol. The monoisotopic (exact) mass is 858 g/mol. The van der Waals surface area contributed by atoms with Crippen molar-refractivity contribution in [1.29, 1.82) is 5.26 Å². The summed E-state index contributed by atoms with van der Waals surface area (Å²) in [5, 5.41) is 12.6. The van der Waals surface area contributed by atoms with Crippen molar-refractivity contribution in [3.8, 4) is 17.6 Å². The first-order chi connectivity index (χ1) is 30.0. The molecular weight excluding hydrogens is 806 g/mol. The quantitative estimate of drug-likeness (QED) is 0.0626. The first-order valence-electron chi connectivity index (χ1n) is 20.6. The normalized spacial score (nSPS) is 17.6. The maximum Gasteiger partial charge on any atom is 0.347 e. The van der Waals surface area contributed by atoms with E-state index in [-0.39, 0.29) is 49.4 Å². The predicted octanol–water partition coefficient (Wildman–Crippen LogP) is 8.56. The fraction of sp³-hybridized carbons (Fsp3) is 0.340. The van der Waals surface area contributed by atoms with E-state index < -0.39 is 31.9 Å². The van der Waals surface area contributed by atoms with Gasteiger partial charge in [-0.05, 0) is 80.8 Å². The molecule has 2 aromatic heterocycles. The number of imidazole rings is 1. The van der Waals surface area contributed by atoms with Gasteiger partial charge in [0.05, 0.1) is 39.6 Å². The van der Waals surface area contributed by atoms with E-state index in [1.54, 1.807) is 49.4 Å². The molecule has 0 saturated carbocycles. The Balaban J connectivity index is 1.30. The Bertz CT molecular complexity index is 2390. The fourth-order valence-corrected chi connectivity index (χ4v) is 11.2. The average molecular weight is 859 g/mol. The van der Waals surface area contributed by atoms with Crippen LogP contribution in [0.2, 0.25) is 0 Å². The Morgan fingerprint density at radius 2 is 1.47 bits per heavy atom. The van der Waals surface area contributed by atoms with Gasteiger partial charge in [-0.1, -0.05) is 72.8 Å². The van der Waals surface area contributed by atoms with Crippen LogP contribution in [-0.2, 0) is 19.6 Å². The summed E-state index contributed by atoms with van der Waals surface area (Å²) in [6.07, 6.45) is 1.36. The number of fused-ring (bicyclic) bond motifs is 1. The second-order valence-corrected chi connectivity index (χ2v) is 18.0. The number of methoxy groups -OCH3 is 2. The number of anilines is 1. The second-order valence-electron chi connectivity index (χ2n) is 15.6. The standard InChI is InChI=1S/C47H52N7O7P/c1-32(2)54(33(3)4)62(56,27-13-26-48)61-40-28-42(53-31-51-43-44(49-30-50-45(43)53)52-46(55)34-14-9-7-10-15-34)60-41(40)29-59-47(35-16-11-8-12-17-35,36-18-22-38(57-5)23-19-36)37-20-24-39(58-6)25-21-37/h7-12,14-25,30-33,40-42,56H,13,27-29H2,1-6H3/p+1/t40-,41+,42+,62?/m0/s1. The number of nitriles is 1. The fourth-order valence-electron chi connectivity index (χ4n) is 8.29. The molecular formula is C47H53N7O7P+. The minimum Gasteiger partial charge on any atom is -0.497 e. The molecule has 7 rings (SSSR count). The van der Waals surface area contributed by atoms with Gasteiger partial charge in [-0.3, -0.25) is 9.36 Å². The van der Waals surface area contributed by atoms with E-state index in [1.807, 2.05) is 117 Å². The Morgan fingerprint density at radius 3 is 2.03 bits per heavy atom. The maximum absolute atomic E-state index is 13.2. The number of hydrogen-bond donors (Lipinski definition) is 2. The molecule has 4 aromatic carbocycles. The van der Waals surface area contributed by atoms with Gasteiger partial charge in [-0.2, -0.15) is 9.79 Å². The van der Waals surface area contributed by atoms with Crippen molar-refractivity contribution >= 4 is 30.8 Å². The lowest BCUT2D eigenvalue weighted by molar-refractivity contribution is -0.0915. The molecule has 1 fully saturated rings. The molecule has 62 heavy (non-hydrogen) atoms. The molecule has 0 bridgehead atoms. The molecule has 0 radical (unpaired) electrons. The van der Waals surface area contributed by atoms with Crippen LogP contribution in [0.25, 0.3) is 11.2 Å². The van der Waals surface area contributed by atoms with Crippen molar-refractivity contribution in [3.05, 3.63) is 144 Å². The van der Waals surface area contributed by atoms with Gasteiger partial charge in [0, 0.05) is 24.1 Å². The summed E-state index contributed by atoms with van der Waals surface area (Å²) in [5.41, 5.74) is 2.67. The topological polar surface area (TPSA) is 166 Å². The molecule has 1 aliphatic heterocycles. The lowest BCUT2D eigenvalue weighted by Crippen LogP contribution is -2.42. The highest BCUT2D eigenvalue weighted by Gasteiger charge is 2.54. The van der Waals surface area contributed by atoms with Gasteiger partial charge in [-0.15, -0.1) is 4.67 Å². The molecule has 6 aromatic rings. The third-order valence-electron chi connectivity index (χ3n) is 11.0. The summed E-state index contributed by atoms with van der Waals surface area (Å²) < 4.78 is 36.2. The van der Waals surface area contributed by atoms with Crippen LogP contribution in [0, 0.1) is 11.3 Å². The summed E-state index contributed by atoms with van der Waals surface area (Å²) in [4.78, 5) is 39.4. The molecule has 322 valence electrons. The Labute approximate surface area is 363 Å². The van der Waals surface area contributed by atoms with Crippen LogP contribution >= 0.6 is 7.87 Å². The molecule has 1 amide bonds. The van der Waals surface area contributed by atoms with E-state index in [1.165, 1.54) is 6.33 Å². The summed E-state index contributed by atoms with van der Waals surface area (Å²) in [6.45, 7) is 8.06. The van der Waals surface area contributed by atoms with Crippen LogP contribution in [-0.4, -0.2) is 86.3 Å². The maximum atomic E-state index is 13.2. The highest BCUT2D eigenvalue weighted by atomic mass is 31.2. The highest BCUT2D eigenvalue weighted by molar-refractivity contribution is 7.63. The summed E-state index contributed by atoms with van der Waals surface area (Å²) in [6, 6.07) is 36.5. The number of hydrogen-bond acceptors (Lipinski definition) is 12. The largest absolute Gasteiger partial charge is 0.497 e. The van der Waals surface area contributed by atoms with Crippen LogP contribution in [0.3, 0.4) is 0 Å². The smallest absolute Gasteiger partial charge is 0.347 e. The van der Waals surface area contributed by atoms with E-state index in [9.17, 15) is 14.9 Å². The Kier molecular flexibility index (Phi) is 13.9. The van der Waals surface area contributed by atoms with Gasteiger partial charge in [0.15, 0.2) is 17.0 Å². The van der Waals surface area contributed by atoms with Gasteiger partial charge in [0.2, 0.25) is 0 Å². The van der Waals surface area contributed by atoms with Crippen molar-refractivity contribution < 1.29 is 33.2 Å². The first kappa shape index (κ1) is 44.3.